The van der Waals surface area contributed by atoms with Gasteiger partial charge in [0, 0.05) is 36.2 Å². The monoisotopic (exact) mass is 456 g/mol. The predicted octanol–water partition coefficient (Wildman–Crippen LogP) is 5.14. The quantitative estimate of drug-likeness (QED) is 0.455. The number of nitrogens with zero attached hydrogens (tertiary/aromatic N) is 4. The number of aromatic nitrogens is 2. The largest absolute Gasteiger partial charge is 0.501 e. The van der Waals surface area contributed by atoms with Crippen LogP contribution in [0.4, 0.5) is 0 Å². The summed E-state index contributed by atoms with van der Waals surface area (Å²) in [5.74, 6) is 2.79. The third-order valence-corrected chi connectivity index (χ3v) is 6.68. The summed E-state index contributed by atoms with van der Waals surface area (Å²) in [6, 6.07) is 14.3. The van der Waals surface area contributed by atoms with E-state index in [9.17, 15) is 5.26 Å². The molecular formula is C27H28N4O3. The van der Waals surface area contributed by atoms with Crippen LogP contribution in [0.25, 0.3) is 22.8 Å². The smallest absolute Gasteiger partial charge is 0.258 e. The number of hydrogen-bond donors (Lipinski definition) is 0. The van der Waals surface area contributed by atoms with Gasteiger partial charge in [0.25, 0.3) is 5.89 Å². The summed E-state index contributed by atoms with van der Waals surface area (Å²) in [6.07, 6.45) is 2.04. The standard InChI is InChI=1S/C27H28N4O3/c1-16(2)33-25-11-8-18(12-19(25)13-28)27-29-26(30-34-27)23-7-5-6-22-21(23)9-10-24(22)31-14-20(15-31)17(3)32-4/h5-8,11-12,16,20,24H,3,9-10,14-15H2,1-2,4H3. The van der Waals surface area contributed by atoms with Crippen molar-refractivity contribution >= 4 is 0 Å². The van der Waals surface area contributed by atoms with E-state index in [4.69, 9.17) is 14.0 Å². The molecule has 2 aromatic carbocycles. The Morgan fingerprint density at radius 2 is 2.09 bits per heavy atom. The number of nitriles is 1. The van der Waals surface area contributed by atoms with E-state index in [-0.39, 0.29) is 6.10 Å². The molecule has 0 spiro atoms. The Kier molecular flexibility index (Phi) is 5.84. The fourth-order valence-corrected chi connectivity index (χ4v) is 4.92. The minimum Gasteiger partial charge on any atom is -0.501 e. The molecule has 34 heavy (non-hydrogen) atoms. The van der Waals surface area contributed by atoms with E-state index in [1.807, 2.05) is 19.9 Å². The molecule has 3 aromatic rings. The van der Waals surface area contributed by atoms with E-state index < -0.39 is 0 Å². The maximum Gasteiger partial charge on any atom is 0.258 e. The third-order valence-electron chi connectivity index (χ3n) is 6.68. The summed E-state index contributed by atoms with van der Waals surface area (Å²) < 4.78 is 16.6. The molecule has 2 heterocycles. The zero-order chi connectivity index (χ0) is 23.8. The molecule has 2 aliphatic rings. The number of benzene rings is 2. The second-order valence-electron chi connectivity index (χ2n) is 9.16. The fraction of sp³-hybridized carbons (Fsp3) is 0.370. The summed E-state index contributed by atoms with van der Waals surface area (Å²) in [5, 5.41) is 13.8. The average molecular weight is 457 g/mol. The molecule has 5 rings (SSSR count). The van der Waals surface area contributed by atoms with Crippen molar-refractivity contribution in [3.05, 3.63) is 65.4 Å². The van der Waals surface area contributed by atoms with Gasteiger partial charge in [0.2, 0.25) is 5.82 Å². The second kappa shape index (κ2) is 8.96. The highest BCUT2D eigenvalue weighted by Gasteiger charge is 2.38. The van der Waals surface area contributed by atoms with Crippen LogP contribution in [-0.4, -0.2) is 41.3 Å². The number of hydrogen-bond acceptors (Lipinski definition) is 7. The molecule has 1 fully saturated rings. The van der Waals surface area contributed by atoms with Gasteiger partial charge in [0.15, 0.2) is 0 Å². The lowest BCUT2D eigenvalue weighted by molar-refractivity contribution is 0.0419. The zero-order valence-corrected chi connectivity index (χ0v) is 19.7. The highest BCUT2D eigenvalue weighted by Crippen LogP contribution is 2.43. The van der Waals surface area contributed by atoms with Gasteiger partial charge >= 0.3 is 0 Å². The highest BCUT2D eigenvalue weighted by molar-refractivity contribution is 5.67. The van der Waals surface area contributed by atoms with Crippen molar-refractivity contribution < 1.29 is 14.0 Å². The van der Waals surface area contributed by atoms with Gasteiger partial charge in [-0.15, -0.1) is 0 Å². The van der Waals surface area contributed by atoms with Gasteiger partial charge < -0.3 is 14.0 Å². The van der Waals surface area contributed by atoms with Crippen molar-refractivity contribution in [2.24, 2.45) is 5.92 Å². The molecule has 174 valence electrons. The average Bonchev–Trinajstić information content (AvgIpc) is 3.46. The van der Waals surface area contributed by atoms with Crippen LogP contribution in [0.15, 0.2) is 53.3 Å². The van der Waals surface area contributed by atoms with Crippen LogP contribution in [-0.2, 0) is 11.2 Å². The van der Waals surface area contributed by atoms with E-state index in [0.717, 1.165) is 37.3 Å². The van der Waals surface area contributed by atoms with Crippen molar-refractivity contribution in [1.82, 2.24) is 15.0 Å². The first-order valence-electron chi connectivity index (χ1n) is 11.6. The van der Waals surface area contributed by atoms with Crippen LogP contribution in [0.2, 0.25) is 0 Å². The minimum atomic E-state index is -0.0158. The van der Waals surface area contributed by atoms with Gasteiger partial charge in [0.1, 0.15) is 11.8 Å². The Morgan fingerprint density at radius 3 is 2.82 bits per heavy atom. The van der Waals surface area contributed by atoms with Gasteiger partial charge in [-0.05, 0) is 56.0 Å². The zero-order valence-electron chi connectivity index (χ0n) is 19.7. The second-order valence-corrected chi connectivity index (χ2v) is 9.16. The fourth-order valence-electron chi connectivity index (χ4n) is 4.92. The molecule has 1 atom stereocenters. The van der Waals surface area contributed by atoms with E-state index in [1.165, 1.54) is 11.1 Å². The van der Waals surface area contributed by atoms with Crippen molar-refractivity contribution in [2.45, 2.75) is 38.8 Å². The Labute approximate surface area is 199 Å². The molecule has 0 saturated carbocycles. The Balaban J connectivity index is 1.38. The Morgan fingerprint density at radius 1 is 1.26 bits per heavy atom. The maximum atomic E-state index is 9.53. The molecule has 0 amide bonds. The highest BCUT2D eigenvalue weighted by atomic mass is 16.5. The van der Waals surface area contributed by atoms with E-state index in [1.54, 1.807) is 19.2 Å². The molecule has 1 saturated heterocycles. The molecule has 1 aliphatic carbocycles. The molecule has 7 heteroatoms. The number of fused-ring (bicyclic) bond motifs is 1. The van der Waals surface area contributed by atoms with Gasteiger partial charge in [-0.3, -0.25) is 4.90 Å². The van der Waals surface area contributed by atoms with Gasteiger partial charge in [-0.2, -0.15) is 10.2 Å². The summed E-state index contributed by atoms with van der Waals surface area (Å²) in [4.78, 5) is 7.17. The lowest BCUT2D eigenvalue weighted by Crippen LogP contribution is -2.48. The summed E-state index contributed by atoms with van der Waals surface area (Å²) in [7, 11) is 1.69. The van der Waals surface area contributed by atoms with Crippen LogP contribution in [0.3, 0.4) is 0 Å². The lowest BCUT2D eigenvalue weighted by Gasteiger charge is -2.43. The van der Waals surface area contributed by atoms with Crippen LogP contribution in [0.5, 0.6) is 5.75 Å². The molecule has 1 aromatic heterocycles. The summed E-state index contributed by atoms with van der Waals surface area (Å²) >= 11 is 0. The van der Waals surface area contributed by atoms with Crippen molar-refractivity contribution in [1.29, 1.82) is 5.26 Å². The first kappa shape index (κ1) is 22.2. The summed E-state index contributed by atoms with van der Waals surface area (Å²) in [5.41, 5.74) is 4.77. The van der Waals surface area contributed by atoms with E-state index in [0.29, 0.717) is 40.6 Å². The molecule has 7 nitrogen and oxygen atoms in total. The molecule has 0 radical (unpaired) electrons. The van der Waals surface area contributed by atoms with Crippen LogP contribution in [0.1, 0.15) is 43.0 Å². The van der Waals surface area contributed by atoms with Crippen LogP contribution >= 0.6 is 0 Å². The number of likely N-dealkylation sites (tertiary alicyclic amines) is 1. The number of ether oxygens (including phenoxy) is 2. The van der Waals surface area contributed by atoms with E-state index in [2.05, 4.69) is 45.9 Å². The molecule has 0 bridgehead atoms. The van der Waals surface area contributed by atoms with Crippen LogP contribution in [0, 0.1) is 17.2 Å². The van der Waals surface area contributed by atoms with E-state index >= 15 is 0 Å². The first-order chi connectivity index (χ1) is 16.5. The Bertz CT molecular complexity index is 1270. The van der Waals surface area contributed by atoms with Crippen molar-refractivity contribution in [3.63, 3.8) is 0 Å². The Hall–Kier alpha value is -3.63. The SMILES string of the molecule is C=C(OC)C1CN(C2CCc3c(-c4noc(-c5ccc(OC(C)C)c(C#N)c5)n4)cccc32)C1. The van der Waals surface area contributed by atoms with Crippen molar-refractivity contribution in [2.75, 3.05) is 20.2 Å². The topological polar surface area (TPSA) is 84.4 Å². The van der Waals surface area contributed by atoms with Crippen molar-refractivity contribution in [3.8, 4) is 34.7 Å². The molecule has 1 aliphatic heterocycles. The van der Waals surface area contributed by atoms with Gasteiger partial charge in [0.05, 0.1) is 24.5 Å². The number of methoxy groups -OCH3 is 1. The lowest BCUT2D eigenvalue weighted by atomic mass is 9.93. The molecule has 0 N–H and O–H groups in total. The number of rotatable bonds is 7. The maximum absolute atomic E-state index is 9.53. The molecular weight excluding hydrogens is 428 g/mol. The van der Waals surface area contributed by atoms with Crippen LogP contribution < -0.4 is 4.74 Å². The normalized spacial score (nSPS) is 17.8. The third kappa shape index (κ3) is 3.95. The predicted molar refractivity (Wildman–Crippen MR) is 128 cm³/mol. The molecule has 1 unspecified atom stereocenters. The minimum absolute atomic E-state index is 0.0158. The first-order valence-corrected chi connectivity index (χ1v) is 11.6. The van der Waals surface area contributed by atoms with Gasteiger partial charge in [-0.1, -0.05) is 29.9 Å². The summed E-state index contributed by atoms with van der Waals surface area (Å²) in [6.45, 7) is 9.82. The van der Waals surface area contributed by atoms with Gasteiger partial charge in [-0.25, -0.2) is 0 Å².